The average molecular weight is 418 g/mol. The second-order valence-corrected chi connectivity index (χ2v) is 8.29. The number of benzene rings is 1. The molecule has 0 aromatic heterocycles. The number of nitrogens with one attached hydrogen (secondary N) is 1. The lowest BCUT2D eigenvalue weighted by atomic mass is 9.90. The van der Waals surface area contributed by atoms with Crippen molar-refractivity contribution in [2.24, 2.45) is 5.92 Å². The molecular weight excluding hydrogens is 386 g/mol. The maximum absolute atomic E-state index is 12.7. The van der Waals surface area contributed by atoms with E-state index in [-0.39, 0.29) is 11.9 Å². The van der Waals surface area contributed by atoms with E-state index in [9.17, 15) is 9.59 Å². The first kappa shape index (κ1) is 24.7. The van der Waals surface area contributed by atoms with Crippen molar-refractivity contribution in [3.05, 3.63) is 70.8 Å². The molecule has 0 saturated carbocycles. The van der Waals surface area contributed by atoms with Crippen LogP contribution in [0, 0.1) is 5.92 Å². The second-order valence-electron chi connectivity index (χ2n) is 7.86. The minimum Gasteiger partial charge on any atom is -0.457 e. The van der Waals surface area contributed by atoms with Crippen molar-refractivity contribution in [3.8, 4) is 0 Å². The van der Waals surface area contributed by atoms with Crippen molar-refractivity contribution in [2.75, 3.05) is 0 Å². The topological polar surface area (TPSA) is 55.4 Å². The Morgan fingerprint density at radius 2 is 1.86 bits per heavy atom. The van der Waals surface area contributed by atoms with Gasteiger partial charge in [-0.1, -0.05) is 54.0 Å². The van der Waals surface area contributed by atoms with Gasteiger partial charge < -0.3 is 10.1 Å². The van der Waals surface area contributed by atoms with Crippen LogP contribution in [-0.4, -0.2) is 17.5 Å². The molecule has 1 atom stereocenters. The molecule has 1 unspecified atom stereocenters. The summed E-state index contributed by atoms with van der Waals surface area (Å²) in [5.41, 5.74) is 2.50. The zero-order valence-corrected chi connectivity index (χ0v) is 18.8. The van der Waals surface area contributed by atoms with Crippen LogP contribution < -0.4 is 5.32 Å². The third-order valence-electron chi connectivity index (χ3n) is 4.29. The number of allylic oxidation sites excluding steroid dienone is 2. The minimum absolute atomic E-state index is 0.0951. The summed E-state index contributed by atoms with van der Waals surface area (Å²) in [7, 11) is 0. The largest absolute Gasteiger partial charge is 0.457 e. The first-order valence-corrected chi connectivity index (χ1v) is 10.2. The molecular formula is C24H32ClNO3. The monoisotopic (exact) mass is 417 g/mol. The summed E-state index contributed by atoms with van der Waals surface area (Å²) in [6.07, 6.45) is 6.15. The molecule has 0 heterocycles. The van der Waals surface area contributed by atoms with E-state index in [4.69, 9.17) is 16.3 Å². The highest BCUT2D eigenvalue weighted by Gasteiger charge is 2.20. The predicted molar refractivity (Wildman–Crippen MR) is 120 cm³/mol. The standard InChI is InChI=1S/C24H32ClNO3/c1-7-20(17(3)10-9-11-22(27)29-24(4,5)6)21(8-2)23(28)26-16-18-12-14-19(25)15-13-18/h8-9,11-15,21H,2,7,10,16H2,1,3-6H3,(H,26,28)/b11-9+,20-17+. The predicted octanol–water partition coefficient (Wildman–Crippen LogP) is 5.77. The number of carbonyl (C=O) groups excluding carboxylic acids is 2. The van der Waals surface area contributed by atoms with Gasteiger partial charge in [-0.25, -0.2) is 4.79 Å². The number of amides is 1. The number of carbonyl (C=O) groups is 2. The zero-order valence-electron chi connectivity index (χ0n) is 18.0. The van der Waals surface area contributed by atoms with Crippen molar-refractivity contribution in [1.29, 1.82) is 0 Å². The summed E-state index contributed by atoms with van der Waals surface area (Å²) >= 11 is 5.89. The highest BCUT2D eigenvalue weighted by molar-refractivity contribution is 6.30. The van der Waals surface area contributed by atoms with E-state index in [0.29, 0.717) is 18.0 Å². The van der Waals surface area contributed by atoms with Crippen LogP contribution in [0.1, 0.15) is 53.0 Å². The molecule has 0 saturated heterocycles. The third kappa shape index (κ3) is 9.14. The fourth-order valence-corrected chi connectivity index (χ4v) is 3.02. The summed E-state index contributed by atoms with van der Waals surface area (Å²) < 4.78 is 5.26. The van der Waals surface area contributed by atoms with Gasteiger partial charge in [0.05, 0.1) is 5.92 Å². The van der Waals surface area contributed by atoms with Gasteiger partial charge in [0.15, 0.2) is 0 Å². The van der Waals surface area contributed by atoms with Crippen molar-refractivity contribution >= 4 is 23.5 Å². The van der Waals surface area contributed by atoms with Gasteiger partial charge in [-0.05, 0) is 58.2 Å². The number of rotatable bonds is 9. The normalized spacial score (nSPS) is 13.6. The lowest BCUT2D eigenvalue weighted by Crippen LogP contribution is -2.30. The highest BCUT2D eigenvalue weighted by Crippen LogP contribution is 2.23. The van der Waals surface area contributed by atoms with E-state index in [1.807, 2.05) is 46.8 Å². The van der Waals surface area contributed by atoms with Gasteiger partial charge in [-0.2, -0.15) is 0 Å². The molecule has 158 valence electrons. The van der Waals surface area contributed by atoms with E-state index >= 15 is 0 Å². The van der Waals surface area contributed by atoms with Gasteiger partial charge in [-0.15, -0.1) is 6.58 Å². The summed E-state index contributed by atoms with van der Waals surface area (Å²) in [4.78, 5) is 24.5. The maximum Gasteiger partial charge on any atom is 0.330 e. The maximum atomic E-state index is 12.7. The Hall–Kier alpha value is -2.33. The molecule has 1 rings (SSSR count). The minimum atomic E-state index is -0.517. The van der Waals surface area contributed by atoms with Crippen molar-refractivity contribution in [2.45, 2.75) is 59.6 Å². The van der Waals surface area contributed by atoms with Gasteiger partial charge in [0.1, 0.15) is 5.60 Å². The smallest absolute Gasteiger partial charge is 0.330 e. The van der Waals surface area contributed by atoms with Crippen LogP contribution in [0.3, 0.4) is 0 Å². The molecule has 1 N–H and O–H groups in total. The van der Waals surface area contributed by atoms with E-state index in [0.717, 1.165) is 23.1 Å². The van der Waals surface area contributed by atoms with Gasteiger partial charge in [0.25, 0.3) is 0 Å². The molecule has 0 bridgehead atoms. The fourth-order valence-electron chi connectivity index (χ4n) is 2.89. The summed E-state index contributed by atoms with van der Waals surface area (Å²) in [5, 5.41) is 3.62. The molecule has 1 amide bonds. The lowest BCUT2D eigenvalue weighted by Gasteiger charge is -2.19. The Morgan fingerprint density at radius 1 is 1.24 bits per heavy atom. The van der Waals surface area contributed by atoms with Gasteiger partial charge >= 0.3 is 5.97 Å². The van der Waals surface area contributed by atoms with Gasteiger partial charge in [0, 0.05) is 17.6 Å². The fraction of sp³-hybridized carbons (Fsp3) is 0.417. The van der Waals surface area contributed by atoms with Crippen LogP contribution in [0.4, 0.5) is 0 Å². The number of esters is 1. The van der Waals surface area contributed by atoms with E-state index in [1.54, 1.807) is 24.3 Å². The average Bonchev–Trinajstić information content (AvgIpc) is 2.63. The molecule has 0 spiro atoms. The van der Waals surface area contributed by atoms with Crippen LogP contribution in [0.5, 0.6) is 0 Å². The van der Waals surface area contributed by atoms with E-state index < -0.39 is 11.5 Å². The molecule has 0 aliphatic heterocycles. The van der Waals surface area contributed by atoms with Crippen molar-refractivity contribution < 1.29 is 14.3 Å². The molecule has 4 nitrogen and oxygen atoms in total. The van der Waals surface area contributed by atoms with Crippen molar-refractivity contribution in [3.63, 3.8) is 0 Å². The summed E-state index contributed by atoms with van der Waals surface area (Å²) in [5.74, 6) is -0.881. The summed E-state index contributed by atoms with van der Waals surface area (Å²) in [6, 6.07) is 7.36. The Morgan fingerprint density at radius 3 is 2.38 bits per heavy atom. The number of ether oxygens (including phenoxy) is 1. The van der Waals surface area contributed by atoms with Gasteiger partial charge in [-0.3, -0.25) is 4.79 Å². The van der Waals surface area contributed by atoms with Crippen LogP contribution in [0.15, 0.2) is 60.2 Å². The Labute approximate surface area is 179 Å². The van der Waals surface area contributed by atoms with Crippen LogP contribution in [0.2, 0.25) is 5.02 Å². The first-order valence-electron chi connectivity index (χ1n) is 9.80. The molecule has 1 aromatic carbocycles. The highest BCUT2D eigenvalue weighted by atomic mass is 35.5. The Bertz CT molecular complexity index is 770. The first-order chi connectivity index (χ1) is 13.6. The van der Waals surface area contributed by atoms with Crippen LogP contribution in [0.25, 0.3) is 0 Å². The number of halogens is 1. The lowest BCUT2D eigenvalue weighted by molar-refractivity contribution is -0.148. The van der Waals surface area contributed by atoms with Crippen molar-refractivity contribution in [1.82, 2.24) is 5.32 Å². The molecule has 29 heavy (non-hydrogen) atoms. The Kier molecular flexibility index (Phi) is 9.90. The number of hydrogen-bond donors (Lipinski definition) is 1. The van der Waals surface area contributed by atoms with E-state index in [1.165, 1.54) is 6.08 Å². The Balaban J connectivity index is 2.78. The zero-order chi connectivity index (χ0) is 22.0. The molecule has 0 aliphatic carbocycles. The molecule has 0 fully saturated rings. The quantitative estimate of drug-likeness (QED) is 0.315. The second kappa shape index (κ2) is 11.6. The SMILES string of the molecule is C=CC(C(=O)NCc1ccc(Cl)cc1)/C(CC)=C(\C)C/C=C/C(=O)OC(C)(C)C. The molecule has 0 radical (unpaired) electrons. The number of hydrogen-bond acceptors (Lipinski definition) is 3. The van der Waals surface area contributed by atoms with Gasteiger partial charge in [0.2, 0.25) is 5.91 Å². The van der Waals surface area contributed by atoms with Crippen LogP contribution >= 0.6 is 11.6 Å². The molecule has 1 aromatic rings. The molecule has 0 aliphatic rings. The summed E-state index contributed by atoms with van der Waals surface area (Å²) in [6.45, 7) is 13.7. The van der Waals surface area contributed by atoms with Crippen LogP contribution in [-0.2, 0) is 20.9 Å². The molecule has 5 heteroatoms. The third-order valence-corrected chi connectivity index (χ3v) is 4.54. The van der Waals surface area contributed by atoms with E-state index in [2.05, 4.69) is 11.9 Å².